The van der Waals surface area contributed by atoms with E-state index in [1.54, 1.807) is 12.1 Å². The van der Waals surface area contributed by atoms with Crippen LogP contribution >= 0.6 is 0 Å². The van der Waals surface area contributed by atoms with Gasteiger partial charge in [-0.3, -0.25) is 0 Å². The predicted molar refractivity (Wildman–Crippen MR) is 93.7 cm³/mol. The van der Waals surface area contributed by atoms with Crippen LogP contribution in [0.5, 0.6) is 0 Å². The van der Waals surface area contributed by atoms with Crippen molar-refractivity contribution in [1.29, 1.82) is 0 Å². The van der Waals surface area contributed by atoms with E-state index in [0.717, 1.165) is 41.5 Å². The zero-order chi connectivity index (χ0) is 16.4. The summed E-state index contributed by atoms with van der Waals surface area (Å²) >= 11 is 0. The van der Waals surface area contributed by atoms with E-state index in [0.29, 0.717) is 6.54 Å². The number of hydrogen-bond acceptors (Lipinski definition) is 4. The van der Waals surface area contributed by atoms with E-state index < -0.39 is 0 Å². The van der Waals surface area contributed by atoms with E-state index in [1.807, 2.05) is 12.3 Å². The van der Waals surface area contributed by atoms with Crippen molar-refractivity contribution in [3.8, 4) is 0 Å². The van der Waals surface area contributed by atoms with Crippen LogP contribution in [0.4, 0.5) is 16.2 Å². The third-order valence-corrected chi connectivity index (χ3v) is 4.42. The van der Waals surface area contributed by atoms with E-state index >= 15 is 0 Å². The van der Waals surface area contributed by atoms with Crippen molar-refractivity contribution in [3.63, 3.8) is 0 Å². The van der Waals surface area contributed by atoms with E-state index in [2.05, 4.69) is 20.2 Å². The Balaban J connectivity index is 1.60. The minimum atomic E-state index is -0.221. The zero-order valence-corrected chi connectivity index (χ0v) is 13.4. The molecule has 2 N–H and O–H groups in total. The summed E-state index contributed by atoms with van der Waals surface area (Å²) in [6.07, 6.45) is 5.52. The fourth-order valence-electron chi connectivity index (χ4n) is 3.09. The molecular weight excluding hydrogens is 305 g/mol. The van der Waals surface area contributed by atoms with Gasteiger partial charge < -0.3 is 15.2 Å². The molecule has 6 heteroatoms. The molecular formula is C18H20FN5. The lowest BCUT2D eigenvalue weighted by Crippen LogP contribution is -2.31. The molecule has 0 atom stereocenters. The molecule has 1 fully saturated rings. The van der Waals surface area contributed by atoms with Gasteiger partial charge in [0.15, 0.2) is 0 Å². The molecule has 0 saturated carbocycles. The van der Waals surface area contributed by atoms with Gasteiger partial charge in [0.25, 0.3) is 0 Å². The molecule has 124 valence electrons. The van der Waals surface area contributed by atoms with Crippen LogP contribution in [-0.4, -0.2) is 28.0 Å². The zero-order valence-electron chi connectivity index (χ0n) is 13.4. The van der Waals surface area contributed by atoms with Gasteiger partial charge >= 0.3 is 0 Å². The van der Waals surface area contributed by atoms with Crippen molar-refractivity contribution in [2.24, 2.45) is 0 Å². The second-order valence-electron chi connectivity index (χ2n) is 6.14. The van der Waals surface area contributed by atoms with Crippen LogP contribution < -0.4 is 10.2 Å². The molecule has 2 aromatic heterocycles. The topological polar surface area (TPSA) is 56.8 Å². The average molecular weight is 325 g/mol. The van der Waals surface area contributed by atoms with Gasteiger partial charge in [0.2, 0.25) is 5.95 Å². The molecule has 0 spiro atoms. The van der Waals surface area contributed by atoms with E-state index in [9.17, 15) is 4.39 Å². The first-order chi connectivity index (χ1) is 11.8. The molecule has 0 radical (unpaired) electrons. The summed E-state index contributed by atoms with van der Waals surface area (Å²) in [5, 5.41) is 4.34. The molecule has 24 heavy (non-hydrogen) atoms. The maximum Gasteiger partial charge on any atom is 0.229 e. The number of hydrogen-bond donors (Lipinski definition) is 2. The number of halogens is 1. The van der Waals surface area contributed by atoms with E-state index in [1.165, 1.54) is 31.4 Å². The number of aromatic amines is 1. The van der Waals surface area contributed by atoms with Crippen LogP contribution in [0.1, 0.15) is 24.8 Å². The van der Waals surface area contributed by atoms with Crippen LogP contribution in [0, 0.1) is 5.82 Å². The number of piperidine rings is 1. The maximum atomic E-state index is 13.0. The van der Waals surface area contributed by atoms with Gasteiger partial charge in [-0.1, -0.05) is 12.1 Å². The second kappa shape index (κ2) is 6.47. The standard InChI is InChI=1S/C18H20FN5/c19-14-6-4-13(5-7-14)12-21-17-15-8-9-20-16(15)22-18(23-17)24-10-2-1-3-11-24/h4-9H,1-3,10-12H2,(H2,20,21,22,23). The summed E-state index contributed by atoms with van der Waals surface area (Å²) in [4.78, 5) is 14.8. The highest BCUT2D eigenvalue weighted by atomic mass is 19.1. The SMILES string of the molecule is Fc1ccc(CNc2nc(N3CCCCC3)nc3[nH]ccc23)cc1. The number of H-pyrrole nitrogens is 1. The van der Waals surface area contributed by atoms with Gasteiger partial charge in [0.05, 0.1) is 5.39 Å². The van der Waals surface area contributed by atoms with Crippen molar-refractivity contribution in [2.45, 2.75) is 25.8 Å². The molecule has 1 aromatic carbocycles. The third-order valence-electron chi connectivity index (χ3n) is 4.42. The fraction of sp³-hybridized carbons (Fsp3) is 0.333. The summed E-state index contributed by atoms with van der Waals surface area (Å²) in [6, 6.07) is 8.49. The van der Waals surface area contributed by atoms with Gasteiger partial charge in [-0.05, 0) is 43.0 Å². The first-order valence-corrected chi connectivity index (χ1v) is 8.38. The van der Waals surface area contributed by atoms with Crippen LogP contribution in [0.2, 0.25) is 0 Å². The van der Waals surface area contributed by atoms with Gasteiger partial charge in [-0.25, -0.2) is 4.39 Å². The Kier molecular flexibility index (Phi) is 4.02. The molecule has 1 aliphatic rings. The summed E-state index contributed by atoms with van der Waals surface area (Å²) in [7, 11) is 0. The van der Waals surface area contributed by atoms with Crippen molar-refractivity contribution in [1.82, 2.24) is 15.0 Å². The Labute approximate surface area is 139 Å². The predicted octanol–water partition coefficient (Wildman–Crippen LogP) is 3.70. The number of nitrogens with one attached hydrogen (secondary N) is 2. The Hall–Kier alpha value is -2.63. The van der Waals surface area contributed by atoms with Crippen LogP contribution in [0.15, 0.2) is 36.5 Å². The number of aromatic nitrogens is 3. The Bertz CT molecular complexity index is 821. The molecule has 0 amide bonds. The Morgan fingerprint density at radius 2 is 1.83 bits per heavy atom. The van der Waals surface area contributed by atoms with Crippen molar-refractivity contribution in [2.75, 3.05) is 23.3 Å². The van der Waals surface area contributed by atoms with Gasteiger partial charge in [0.1, 0.15) is 17.3 Å². The van der Waals surface area contributed by atoms with Crippen molar-refractivity contribution >= 4 is 22.8 Å². The average Bonchev–Trinajstić information content (AvgIpc) is 3.10. The molecule has 4 rings (SSSR count). The quantitative estimate of drug-likeness (QED) is 0.768. The minimum Gasteiger partial charge on any atom is -0.365 e. The molecule has 1 saturated heterocycles. The molecule has 5 nitrogen and oxygen atoms in total. The summed E-state index contributed by atoms with van der Waals surface area (Å²) in [6.45, 7) is 2.60. The summed E-state index contributed by atoms with van der Waals surface area (Å²) < 4.78 is 13.0. The fourth-order valence-corrected chi connectivity index (χ4v) is 3.09. The maximum absolute atomic E-state index is 13.0. The minimum absolute atomic E-state index is 0.221. The lowest BCUT2D eigenvalue weighted by atomic mass is 10.1. The Morgan fingerprint density at radius 3 is 2.62 bits per heavy atom. The van der Waals surface area contributed by atoms with Crippen LogP contribution in [0.3, 0.4) is 0 Å². The largest absolute Gasteiger partial charge is 0.365 e. The molecule has 0 aliphatic carbocycles. The summed E-state index contributed by atoms with van der Waals surface area (Å²) in [5.41, 5.74) is 1.85. The smallest absolute Gasteiger partial charge is 0.229 e. The number of rotatable bonds is 4. The highest BCUT2D eigenvalue weighted by Crippen LogP contribution is 2.25. The molecule has 3 heterocycles. The molecule has 0 bridgehead atoms. The number of anilines is 2. The number of benzene rings is 1. The lowest BCUT2D eigenvalue weighted by molar-refractivity contribution is 0.569. The van der Waals surface area contributed by atoms with E-state index in [4.69, 9.17) is 4.98 Å². The highest BCUT2D eigenvalue weighted by molar-refractivity contribution is 5.88. The van der Waals surface area contributed by atoms with Gasteiger partial charge in [0, 0.05) is 25.8 Å². The first kappa shape index (κ1) is 14.9. The first-order valence-electron chi connectivity index (χ1n) is 8.38. The van der Waals surface area contributed by atoms with E-state index in [-0.39, 0.29) is 5.82 Å². The van der Waals surface area contributed by atoms with Crippen LogP contribution in [0.25, 0.3) is 11.0 Å². The number of fused-ring (bicyclic) bond motifs is 1. The lowest BCUT2D eigenvalue weighted by Gasteiger charge is -2.27. The molecule has 0 unspecified atom stereocenters. The Morgan fingerprint density at radius 1 is 1.04 bits per heavy atom. The van der Waals surface area contributed by atoms with Crippen LogP contribution in [-0.2, 0) is 6.54 Å². The normalized spacial score (nSPS) is 15.0. The van der Waals surface area contributed by atoms with Crippen molar-refractivity contribution < 1.29 is 4.39 Å². The molecule has 1 aliphatic heterocycles. The second-order valence-corrected chi connectivity index (χ2v) is 6.14. The summed E-state index contributed by atoms with van der Waals surface area (Å²) in [5.74, 6) is 1.36. The number of nitrogens with zero attached hydrogens (tertiary/aromatic N) is 3. The van der Waals surface area contributed by atoms with Crippen molar-refractivity contribution in [3.05, 3.63) is 47.9 Å². The third kappa shape index (κ3) is 3.04. The monoisotopic (exact) mass is 325 g/mol. The van der Waals surface area contributed by atoms with Gasteiger partial charge in [-0.15, -0.1) is 0 Å². The highest BCUT2D eigenvalue weighted by Gasteiger charge is 2.16. The van der Waals surface area contributed by atoms with Gasteiger partial charge in [-0.2, -0.15) is 9.97 Å². The molecule has 3 aromatic rings.